The third-order valence-electron chi connectivity index (χ3n) is 2.44. The first-order valence-electron chi connectivity index (χ1n) is 5.65. The van der Waals surface area contributed by atoms with Crippen LogP contribution in [0.15, 0.2) is 0 Å². The monoisotopic (exact) mass is 212 g/mol. The molecule has 0 amide bonds. The molecule has 1 N–H and O–H groups in total. The SMILES string of the molecule is COCC(C)NCCCCC(C)(C)C#N. The van der Waals surface area contributed by atoms with Gasteiger partial charge >= 0.3 is 0 Å². The van der Waals surface area contributed by atoms with Crippen LogP contribution in [0.1, 0.15) is 40.0 Å². The van der Waals surface area contributed by atoms with E-state index < -0.39 is 0 Å². The van der Waals surface area contributed by atoms with Crippen LogP contribution in [0, 0.1) is 16.7 Å². The maximum Gasteiger partial charge on any atom is 0.0683 e. The zero-order valence-corrected chi connectivity index (χ0v) is 10.5. The minimum atomic E-state index is -0.169. The molecular weight excluding hydrogens is 188 g/mol. The Morgan fingerprint density at radius 2 is 2.07 bits per heavy atom. The number of rotatable bonds is 8. The Kier molecular flexibility index (Phi) is 7.37. The zero-order valence-electron chi connectivity index (χ0n) is 10.5. The molecule has 0 fully saturated rings. The Morgan fingerprint density at radius 3 is 2.60 bits per heavy atom. The van der Waals surface area contributed by atoms with Gasteiger partial charge in [-0.2, -0.15) is 5.26 Å². The lowest BCUT2D eigenvalue weighted by Gasteiger charge is -2.15. The van der Waals surface area contributed by atoms with Crippen LogP contribution in [0.25, 0.3) is 0 Å². The molecule has 0 aromatic carbocycles. The number of nitriles is 1. The van der Waals surface area contributed by atoms with Gasteiger partial charge in [-0.25, -0.2) is 0 Å². The summed E-state index contributed by atoms with van der Waals surface area (Å²) >= 11 is 0. The third-order valence-corrected chi connectivity index (χ3v) is 2.44. The summed E-state index contributed by atoms with van der Waals surface area (Å²) in [4.78, 5) is 0. The Bertz CT molecular complexity index is 196. The Morgan fingerprint density at radius 1 is 1.40 bits per heavy atom. The van der Waals surface area contributed by atoms with Gasteiger partial charge in [0.1, 0.15) is 0 Å². The normalized spacial score (nSPS) is 13.5. The lowest BCUT2D eigenvalue weighted by Crippen LogP contribution is -2.30. The molecule has 0 spiro atoms. The molecule has 0 aliphatic rings. The molecule has 0 heterocycles. The third kappa shape index (κ3) is 8.41. The molecule has 0 aliphatic heterocycles. The fourth-order valence-corrected chi connectivity index (χ4v) is 1.41. The summed E-state index contributed by atoms with van der Waals surface area (Å²) < 4.78 is 5.03. The summed E-state index contributed by atoms with van der Waals surface area (Å²) in [7, 11) is 1.72. The summed E-state index contributed by atoms with van der Waals surface area (Å²) in [6.45, 7) is 7.86. The van der Waals surface area contributed by atoms with Crippen molar-refractivity contribution in [2.45, 2.75) is 46.1 Å². The van der Waals surface area contributed by atoms with Gasteiger partial charge in [0, 0.05) is 13.2 Å². The molecule has 0 bridgehead atoms. The van der Waals surface area contributed by atoms with E-state index in [1.54, 1.807) is 7.11 Å². The maximum absolute atomic E-state index is 8.83. The zero-order chi connectivity index (χ0) is 11.7. The first kappa shape index (κ1) is 14.4. The van der Waals surface area contributed by atoms with Crippen LogP contribution in [0.2, 0.25) is 0 Å². The quantitative estimate of drug-likeness (QED) is 0.628. The van der Waals surface area contributed by atoms with Crippen molar-refractivity contribution in [1.82, 2.24) is 5.32 Å². The van der Waals surface area contributed by atoms with Crippen molar-refractivity contribution in [2.24, 2.45) is 5.41 Å². The summed E-state index contributed by atoms with van der Waals surface area (Å²) in [5, 5.41) is 12.2. The molecule has 88 valence electrons. The fraction of sp³-hybridized carbons (Fsp3) is 0.917. The molecule has 15 heavy (non-hydrogen) atoms. The number of methoxy groups -OCH3 is 1. The van der Waals surface area contributed by atoms with Crippen molar-refractivity contribution in [1.29, 1.82) is 5.26 Å². The van der Waals surface area contributed by atoms with Gasteiger partial charge in [0.15, 0.2) is 0 Å². The van der Waals surface area contributed by atoms with Gasteiger partial charge in [-0.05, 0) is 40.2 Å². The highest BCUT2D eigenvalue weighted by atomic mass is 16.5. The van der Waals surface area contributed by atoms with Gasteiger partial charge in [-0.1, -0.05) is 6.42 Å². The van der Waals surface area contributed by atoms with Crippen LogP contribution < -0.4 is 5.32 Å². The largest absolute Gasteiger partial charge is 0.383 e. The van der Waals surface area contributed by atoms with Crippen molar-refractivity contribution in [2.75, 3.05) is 20.3 Å². The number of ether oxygens (including phenoxy) is 1. The summed E-state index contributed by atoms with van der Waals surface area (Å²) in [5.41, 5.74) is -0.169. The number of nitrogens with zero attached hydrogens (tertiary/aromatic N) is 1. The van der Waals surface area contributed by atoms with Gasteiger partial charge in [0.05, 0.1) is 18.1 Å². The molecule has 0 aliphatic carbocycles. The molecule has 0 aromatic heterocycles. The van der Waals surface area contributed by atoms with Crippen molar-refractivity contribution < 1.29 is 4.74 Å². The number of nitrogens with one attached hydrogen (secondary N) is 1. The van der Waals surface area contributed by atoms with Crippen LogP contribution in [-0.4, -0.2) is 26.3 Å². The Hall–Kier alpha value is -0.590. The summed E-state index contributed by atoms with van der Waals surface area (Å²) in [6, 6.07) is 2.74. The average molecular weight is 212 g/mol. The minimum absolute atomic E-state index is 0.169. The van der Waals surface area contributed by atoms with Gasteiger partial charge in [0.2, 0.25) is 0 Å². The van der Waals surface area contributed by atoms with Crippen LogP contribution in [0.5, 0.6) is 0 Å². The standard InChI is InChI=1S/C12H24N2O/c1-11(9-15-4)14-8-6-5-7-12(2,3)10-13/h11,14H,5-9H2,1-4H3. The summed E-state index contributed by atoms with van der Waals surface area (Å²) in [5.74, 6) is 0. The average Bonchev–Trinajstić information content (AvgIpc) is 2.17. The van der Waals surface area contributed by atoms with Crippen LogP contribution in [0.3, 0.4) is 0 Å². The Balaban J connectivity index is 3.37. The fourth-order valence-electron chi connectivity index (χ4n) is 1.41. The smallest absolute Gasteiger partial charge is 0.0683 e. The highest BCUT2D eigenvalue weighted by molar-refractivity contribution is 4.91. The molecule has 0 aromatic rings. The van der Waals surface area contributed by atoms with Gasteiger partial charge < -0.3 is 10.1 Å². The Labute approximate surface area is 93.8 Å². The van der Waals surface area contributed by atoms with Gasteiger partial charge in [-0.3, -0.25) is 0 Å². The van der Waals surface area contributed by atoms with Crippen molar-refractivity contribution in [3.63, 3.8) is 0 Å². The summed E-state index contributed by atoms with van der Waals surface area (Å²) in [6.07, 6.45) is 3.20. The molecule has 0 radical (unpaired) electrons. The molecule has 0 saturated heterocycles. The van der Waals surface area contributed by atoms with E-state index in [9.17, 15) is 0 Å². The number of hydrogen-bond acceptors (Lipinski definition) is 3. The van der Waals surface area contributed by atoms with Crippen molar-refractivity contribution in [3.8, 4) is 6.07 Å². The van der Waals surface area contributed by atoms with E-state index in [0.29, 0.717) is 6.04 Å². The van der Waals surface area contributed by atoms with E-state index in [-0.39, 0.29) is 5.41 Å². The lowest BCUT2D eigenvalue weighted by atomic mass is 9.89. The second-order valence-electron chi connectivity index (χ2n) is 4.76. The first-order chi connectivity index (χ1) is 7.02. The highest BCUT2D eigenvalue weighted by Gasteiger charge is 2.15. The van der Waals surface area contributed by atoms with Crippen LogP contribution >= 0.6 is 0 Å². The predicted molar refractivity (Wildman–Crippen MR) is 62.6 cm³/mol. The van der Waals surface area contributed by atoms with Crippen molar-refractivity contribution >= 4 is 0 Å². The predicted octanol–water partition coefficient (Wildman–Crippen LogP) is 2.33. The molecule has 0 rings (SSSR count). The molecule has 3 heteroatoms. The minimum Gasteiger partial charge on any atom is -0.383 e. The molecule has 1 atom stereocenters. The molecule has 3 nitrogen and oxygen atoms in total. The van der Waals surface area contributed by atoms with Crippen LogP contribution in [-0.2, 0) is 4.74 Å². The second-order valence-corrected chi connectivity index (χ2v) is 4.76. The molecular formula is C12H24N2O. The van der Waals surface area contributed by atoms with E-state index in [0.717, 1.165) is 32.4 Å². The number of unbranched alkanes of at least 4 members (excludes halogenated alkanes) is 1. The first-order valence-corrected chi connectivity index (χ1v) is 5.65. The molecule has 1 unspecified atom stereocenters. The van der Waals surface area contributed by atoms with E-state index in [1.807, 2.05) is 13.8 Å². The maximum atomic E-state index is 8.83. The van der Waals surface area contributed by atoms with E-state index >= 15 is 0 Å². The topological polar surface area (TPSA) is 45.0 Å². The molecule has 0 saturated carbocycles. The van der Waals surface area contributed by atoms with E-state index in [4.69, 9.17) is 10.00 Å². The second kappa shape index (κ2) is 7.67. The number of hydrogen-bond donors (Lipinski definition) is 1. The van der Waals surface area contributed by atoms with Crippen molar-refractivity contribution in [3.05, 3.63) is 0 Å². The van der Waals surface area contributed by atoms with Gasteiger partial charge in [-0.15, -0.1) is 0 Å². The van der Waals surface area contributed by atoms with E-state index in [2.05, 4.69) is 18.3 Å². The van der Waals surface area contributed by atoms with Gasteiger partial charge in [0.25, 0.3) is 0 Å². The lowest BCUT2D eigenvalue weighted by molar-refractivity contribution is 0.172. The van der Waals surface area contributed by atoms with Crippen LogP contribution in [0.4, 0.5) is 0 Å². The van der Waals surface area contributed by atoms with E-state index in [1.165, 1.54) is 0 Å². The highest BCUT2D eigenvalue weighted by Crippen LogP contribution is 2.21.